The first-order chi connectivity index (χ1) is 9.26. The lowest BCUT2D eigenvalue weighted by molar-refractivity contribution is 0.175. The quantitative estimate of drug-likeness (QED) is 0.921. The Morgan fingerprint density at radius 1 is 1.33 bits per heavy atom. The van der Waals surface area contributed by atoms with Crippen LogP contribution in [0.5, 0.6) is 5.75 Å². The molecule has 1 atom stereocenters. The molecule has 1 aliphatic rings. The van der Waals surface area contributed by atoms with Gasteiger partial charge in [-0.25, -0.2) is 0 Å². The predicted octanol–water partition coefficient (Wildman–Crippen LogP) is 2.71. The zero-order valence-electron chi connectivity index (χ0n) is 12.5. The Bertz CT molecular complexity index is 470. The zero-order valence-corrected chi connectivity index (χ0v) is 14.1. The summed E-state index contributed by atoms with van der Waals surface area (Å²) >= 11 is 0. The number of benzene rings is 1. The molecule has 0 saturated carbocycles. The fourth-order valence-electron chi connectivity index (χ4n) is 2.65. The number of nitrogens with one attached hydrogen (secondary N) is 1. The summed E-state index contributed by atoms with van der Waals surface area (Å²) in [5.74, 6) is 0.903. The number of piperazine rings is 1. The van der Waals surface area contributed by atoms with E-state index < -0.39 is 0 Å². The molecule has 1 N–H and O–H groups in total. The van der Waals surface area contributed by atoms with Crippen molar-refractivity contribution in [3.05, 3.63) is 29.3 Å². The highest BCUT2D eigenvalue weighted by atomic mass is 35.5. The Kier molecular flexibility index (Phi) is 9.39. The van der Waals surface area contributed by atoms with Gasteiger partial charge in [-0.15, -0.1) is 24.8 Å². The van der Waals surface area contributed by atoms with E-state index in [0.717, 1.165) is 37.5 Å². The molecule has 2 rings (SSSR count). The number of methoxy groups -OCH3 is 1. The van der Waals surface area contributed by atoms with Crippen LogP contribution in [0.4, 0.5) is 0 Å². The van der Waals surface area contributed by atoms with Gasteiger partial charge in [-0.3, -0.25) is 4.90 Å². The van der Waals surface area contributed by atoms with Crippen molar-refractivity contribution in [1.29, 1.82) is 5.26 Å². The second kappa shape index (κ2) is 9.86. The highest BCUT2D eigenvalue weighted by Crippen LogP contribution is 2.28. The number of aryl methyl sites for hydroxylation is 1. The van der Waals surface area contributed by atoms with Gasteiger partial charge in [-0.2, -0.15) is 5.26 Å². The van der Waals surface area contributed by atoms with E-state index in [2.05, 4.69) is 28.4 Å². The van der Waals surface area contributed by atoms with Crippen molar-refractivity contribution in [3.8, 4) is 11.8 Å². The summed E-state index contributed by atoms with van der Waals surface area (Å²) in [6.07, 6.45) is 0.534. The van der Waals surface area contributed by atoms with Crippen LogP contribution in [0.15, 0.2) is 18.2 Å². The molecule has 1 aliphatic heterocycles. The molecule has 1 fully saturated rings. The minimum absolute atomic E-state index is 0. The maximum Gasteiger partial charge on any atom is 0.121 e. The summed E-state index contributed by atoms with van der Waals surface area (Å²) in [5.41, 5.74) is 2.33. The number of hydrogen-bond donors (Lipinski definition) is 1. The second-order valence-corrected chi connectivity index (χ2v) is 4.89. The van der Waals surface area contributed by atoms with Crippen LogP contribution in [0.25, 0.3) is 0 Å². The monoisotopic (exact) mass is 331 g/mol. The van der Waals surface area contributed by atoms with Crippen molar-refractivity contribution in [2.45, 2.75) is 19.4 Å². The van der Waals surface area contributed by atoms with Crippen LogP contribution in [-0.2, 0) is 0 Å². The molecule has 0 aromatic heterocycles. The lowest BCUT2D eigenvalue weighted by Gasteiger charge is -2.34. The van der Waals surface area contributed by atoms with Crippen LogP contribution < -0.4 is 10.1 Å². The van der Waals surface area contributed by atoms with Crippen molar-refractivity contribution < 1.29 is 4.74 Å². The third-order valence-electron chi connectivity index (χ3n) is 3.68. The molecule has 0 aliphatic carbocycles. The van der Waals surface area contributed by atoms with Crippen molar-refractivity contribution in [1.82, 2.24) is 10.2 Å². The molecule has 1 heterocycles. The molecular weight excluding hydrogens is 309 g/mol. The molecule has 1 saturated heterocycles. The van der Waals surface area contributed by atoms with Crippen molar-refractivity contribution >= 4 is 24.8 Å². The largest absolute Gasteiger partial charge is 0.496 e. The van der Waals surface area contributed by atoms with Crippen molar-refractivity contribution in [3.63, 3.8) is 0 Å². The Balaban J connectivity index is 0.00000200. The van der Waals surface area contributed by atoms with Crippen molar-refractivity contribution in [2.24, 2.45) is 0 Å². The summed E-state index contributed by atoms with van der Waals surface area (Å²) in [6.45, 7) is 6.03. The van der Waals surface area contributed by atoms with Gasteiger partial charge in [-0.1, -0.05) is 12.1 Å². The molecule has 0 unspecified atom stereocenters. The first kappa shape index (κ1) is 20.0. The molecule has 6 heteroatoms. The number of nitrogens with zero attached hydrogens (tertiary/aromatic N) is 2. The number of ether oxygens (including phenoxy) is 1. The molecule has 0 radical (unpaired) electrons. The van der Waals surface area contributed by atoms with E-state index in [-0.39, 0.29) is 30.9 Å². The van der Waals surface area contributed by atoms with Gasteiger partial charge < -0.3 is 10.1 Å². The molecule has 0 amide bonds. The second-order valence-electron chi connectivity index (χ2n) is 4.89. The van der Waals surface area contributed by atoms with Crippen LogP contribution in [-0.4, -0.2) is 38.2 Å². The highest BCUT2D eigenvalue weighted by Gasteiger charge is 2.22. The predicted molar refractivity (Wildman–Crippen MR) is 89.6 cm³/mol. The fourth-order valence-corrected chi connectivity index (χ4v) is 2.65. The van der Waals surface area contributed by atoms with E-state index >= 15 is 0 Å². The summed E-state index contributed by atoms with van der Waals surface area (Å²) in [6, 6.07) is 8.73. The molecule has 1 aromatic carbocycles. The smallest absolute Gasteiger partial charge is 0.121 e. The van der Waals surface area contributed by atoms with Gasteiger partial charge in [0.2, 0.25) is 0 Å². The van der Waals surface area contributed by atoms with E-state index in [9.17, 15) is 0 Å². The summed E-state index contributed by atoms with van der Waals surface area (Å²) < 4.78 is 5.30. The van der Waals surface area contributed by atoms with E-state index in [0.29, 0.717) is 6.42 Å². The van der Waals surface area contributed by atoms with Crippen LogP contribution in [0.1, 0.15) is 23.6 Å². The maximum absolute atomic E-state index is 9.08. The molecule has 4 nitrogen and oxygen atoms in total. The third kappa shape index (κ3) is 5.05. The molecular formula is C15H23Cl2N3O. The number of halogens is 2. The van der Waals surface area contributed by atoms with Gasteiger partial charge in [0.25, 0.3) is 0 Å². The van der Waals surface area contributed by atoms with Gasteiger partial charge in [0, 0.05) is 32.2 Å². The van der Waals surface area contributed by atoms with Crippen LogP contribution in [0, 0.1) is 18.3 Å². The Hall–Kier alpha value is -0.990. The molecule has 1 aromatic rings. The molecule has 0 bridgehead atoms. The van der Waals surface area contributed by atoms with Crippen molar-refractivity contribution in [2.75, 3.05) is 33.3 Å². The lowest BCUT2D eigenvalue weighted by Crippen LogP contribution is -2.45. The van der Waals surface area contributed by atoms with Gasteiger partial charge in [-0.05, 0) is 24.1 Å². The third-order valence-corrected chi connectivity index (χ3v) is 3.68. The zero-order chi connectivity index (χ0) is 13.7. The van der Waals surface area contributed by atoms with Crippen LogP contribution in [0.2, 0.25) is 0 Å². The summed E-state index contributed by atoms with van der Waals surface area (Å²) in [4.78, 5) is 2.39. The molecule has 21 heavy (non-hydrogen) atoms. The molecule has 118 valence electrons. The molecule has 0 spiro atoms. The Labute approximate surface area is 139 Å². The van der Waals surface area contributed by atoms with E-state index in [4.69, 9.17) is 10.00 Å². The SMILES string of the molecule is COc1ccc([C@H](CC#N)N2CCNCC2)cc1C.Cl.Cl. The van der Waals surface area contributed by atoms with E-state index in [1.807, 2.05) is 13.0 Å². The Morgan fingerprint density at radius 3 is 2.52 bits per heavy atom. The average molecular weight is 332 g/mol. The number of nitriles is 1. The maximum atomic E-state index is 9.08. The van der Waals surface area contributed by atoms with Gasteiger partial charge in [0.05, 0.1) is 19.6 Å². The number of hydrogen-bond acceptors (Lipinski definition) is 4. The van der Waals surface area contributed by atoms with Gasteiger partial charge in [0.15, 0.2) is 0 Å². The first-order valence-corrected chi connectivity index (χ1v) is 6.72. The van der Waals surface area contributed by atoms with Gasteiger partial charge in [0.1, 0.15) is 5.75 Å². The van der Waals surface area contributed by atoms with E-state index in [1.54, 1.807) is 7.11 Å². The summed E-state index contributed by atoms with van der Waals surface area (Å²) in [7, 11) is 1.69. The first-order valence-electron chi connectivity index (χ1n) is 6.72. The average Bonchev–Trinajstić information content (AvgIpc) is 2.45. The topological polar surface area (TPSA) is 48.3 Å². The normalized spacial score (nSPS) is 16.0. The van der Waals surface area contributed by atoms with Gasteiger partial charge >= 0.3 is 0 Å². The standard InChI is InChI=1S/C15H21N3O.2ClH/c1-12-11-13(3-4-15(12)19-2)14(5-6-16)18-9-7-17-8-10-18;;/h3-4,11,14,17H,5,7-10H2,1-2H3;2*1H/t14-;;/m0../s1. The fraction of sp³-hybridized carbons (Fsp3) is 0.533. The highest BCUT2D eigenvalue weighted by molar-refractivity contribution is 5.85. The lowest BCUT2D eigenvalue weighted by atomic mass is 9.99. The van der Waals surface area contributed by atoms with Crippen LogP contribution >= 0.6 is 24.8 Å². The Morgan fingerprint density at radius 2 is 2.00 bits per heavy atom. The summed E-state index contributed by atoms with van der Waals surface area (Å²) in [5, 5.41) is 12.4. The minimum atomic E-state index is 0. The minimum Gasteiger partial charge on any atom is -0.496 e. The van der Waals surface area contributed by atoms with Crippen LogP contribution in [0.3, 0.4) is 0 Å². The number of rotatable bonds is 4. The van der Waals surface area contributed by atoms with E-state index in [1.165, 1.54) is 5.56 Å².